The zero-order valence-corrected chi connectivity index (χ0v) is 14.4. The molecule has 1 aromatic heterocycles. The summed E-state index contributed by atoms with van der Waals surface area (Å²) in [5, 5.41) is -0.101. The minimum Gasteiger partial charge on any atom is -0.323 e. The molecule has 1 aromatic carbocycles. The standard InChI is InChI=1S/C15H20BrClN2/c1-9(17)14-18-12-8-11(16)6-7-13(12)19(14)10(2)15(3,4)5/h6-10H,1-5H3. The van der Waals surface area contributed by atoms with Gasteiger partial charge in [-0.25, -0.2) is 4.98 Å². The maximum atomic E-state index is 6.32. The van der Waals surface area contributed by atoms with Crippen LogP contribution in [0.4, 0.5) is 0 Å². The second kappa shape index (κ2) is 5.10. The number of alkyl halides is 1. The van der Waals surface area contributed by atoms with Gasteiger partial charge in [0.05, 0.1) is 16.4 Å². The highest BCUT2D eigenvalue weighted by atomic mass is 79.9. The Bertz CT molecular complexity index is 596. The normalized spacial score (nSPS) is 15.7. The third-order valence-corrected chi connectivity index (χ3v) is 4.36. The van der Waals surface area contributed by atoms with Crippen LogP contribution in [0.2, 0.25) is 0 Å². The van der Waals surface area contributed by atoms with Crippen molar-refractivity contribution in [1.29, 1.82) is 0 Å². The predicted octanol–water partition coefficient (Wildman–Crippen LogP) is 5.71. The number of halogens is 2. The first kappa shape index (κ1) is 14.9. The van der Waals surface area contributed by atoms with Crippen molar-refractivity contribution >= 4 is 38.6 Å². The van der Waals surface area contributed by atoms with Crippen LogP contribution in [0.25, 0.3) is 11.0 Å². The van der Waals surface area contributed by atoms with E-state index in [-0.39, 0.29) is 10.8 Å². The third kappa shape index (κ3) is 2.82. The van der Waals surface area contributed by atoms with Crippen molar-refractivity contribution in [2.45, 2.75) is 46.0 Å². The SMILES string of the molecule is CC(Cl)c1nc2cc(Br)ccc2n1C(C)C(C)(C)C. The van der Waals surface area contributed by atoms with Gasteiger partial charge in [-0.15, -0.1) is 11.6 Å². The van der Waals surface area contributed by atoms with E-state index >= 15 is 0 Å². The summed E-state index contributed by atoms with van der Waals surface area (Å²) < 4.78 is 3.32. The first-order valence-corrected chi connectivity index (χ1v) is 7.76. The Kier molecular flexibility index (Phi) is 3.99. The van der Waals surface area contributed by atoms with Gasteiger partial charge in [-0.1, -0.05) is 36.7 Å². The van der Waals surface area contributed by atoms with Gasteiger partial charge in [0.1, 0.15) is 5.82 Å². The second-order valence-corrected chi connectivity index (χ2v) is 7.70. The third-order valence-electron chi connectivity index (χ3n) is 3.68. The molecule has 0 amide bonds. The number of imidazole rings is 1. The Hall–Kier alpha value is -0.540. The van der Waals surface area contributed by atoms with Crippen LogP contribution in [0.1, 0.15) is 51.9 Å². The fourth-order valence-electron chi connectivity index (χ4n) is 2.17. The summed E-state index contributed by atoms with van der Waals surface area (Å²) in [6.45, 7) is 10.9. The van der Waals surface area contributed by atoms with Gasteiger partial charge >= 0.3 is 0 Å². The number of benzene rings is 1. The molecule has 2 unspecified atom stereocenters. The molecule has 0 radical (unpaired) electrons. The minimum absolute atomic E-state index is 0.101. The van der Waals surface area contributed by atoms with Gasteiger partial charge in [0.2, 0.25) is 0 Å². The fraction of sp³-hybridized carbons (Fsp3) is 0.533. The van der Waals surface area contributed by atoms with Crippen LogP contribution in [0.5, 0.6) is 0 Å². The number of fused-ring (bicyclic) bond motifs is 1. The van der Waals surface area contributed by atoms with Gasteiger partial charge in [-0.3, -0.25) is 0 Å². The maximum absolute atomic E-state index is 6.32. The van der Waals surface area contributed by atoms with E-state index < -0.39 is 0 Å². The largest absolute Gasteiger partial charge is 0.323 e. The first-order valence-electron chi connectivity index (χ1n) is 6.53. The van der Waals surface area contributed by atoms with E-state index in [4.69, 9.17) is 16.6 Å². The van der Waals surface area contributed by atoms with Crippen LogP contribution in [-0.4, -0.2) is 9.55 Å². The summed E-state index contributed by atoms with van der Waals surface area (Å²) in [4.78, 5) is 4.71. The average Bonchev–Trinajstić information content (AvgIpc) is 2.64. The van der Waals surface area contributed by atoms with Crippen LogP contribution in [0, 0.1) is 5.41 Å². The Morgan fingerprint density at radius 3 is 2.42 bits per heavy atom. The number of hydrogen-bond acceptors (Lipinski definition) is 1. The van der Waals surface area contributed by atoms with E-state index in [1.54, 1.807) is 0 Å². The highest BCUT2D eigenvalue weighted by Crippen LogP contribution is 2.37. The molecule has 0 spiro atoms. The molecule has 19 heavy (non-hydrogen) atoms. The number of rotatable bonds is 2. The molecular formula is C15H20BrClN2. The second-order valence-electron chi connectivity index (χ2n) is 6.13. The Morgan fingerprint density at radius 2 is 1.89 bits per heavy atom. The molecular weight excluding hydrogens is 324 g/mol. The highest BCUT2D eigenvalue weighted by molar-refractivity contribution is 9.10. The zero-order valence-electron chi connectivity index (χ0n) is 12.0. The molecule has 2 aromatic rings. The Balaban J connectivity index is 2.72. The highest BCUT2D eigenvalue weighted by Gasteiger charge is 2.27. The summed E-state index contributed by atoms with van der Waals surface area (Å²) >= 11 is 9.82. The van der Waals surface area contributed by atoms with E-state index in [2.05, 4.69) is 60.3 Å². The van der Waals surface area contributed by atoms with Crippen molar-refractivity contribution in [3.63, 3.8) is 0 Å². The molecule has 2 rings (SSSR count). The molecule has 0 N–H and O–H groups in total. The summed E-state index contributed by atoms with van der Waals surface area (Å²) in [6.07, 6.45) is 0. The maximum Gasteiger partial charge on any atom is 0.127 e. The molecule has 1 heterocycles. The summed E-state index contributed by atoms with van der Waals surface area (Å²) in [5.74, 6) is 0.942. The Morgan fingerprint density at radius 1 is 1.26 bits per heavy atom. The molecule has 104 valence electrons. The first-order chi connectivity index (χ1) is 8.71. The fourth-order valence-corrected chi connectivity index (χ4v) is 2.67. The summed E-state index contributed by atoms with van der Waals surface area (Å²) in [7, 11) is 0. The van der Waals surface area contributed by atoms with Crippen molar-refractivity contribution in [2.75, 3.05) is 0 Å². The number of aromatic nitrogens is 2. The zero-order chi connectivity index (χ0) is 14.4. The molecule has 0 fully saturated rings. The van der Waals surface area contributed by atoms with Gasteiger partial charge < -0.3 is 4.57 Å². The minimum atomic E-state index is -0.101. The van der Waals surface area contributed by atoms with Crippen molar-refractivity contribution in [3.05, 3.63) is 28.5 Å². The lowest BCUT2D eigenvalue weighted by atomic mass is 9.87. The van der Waals surface area contributed by atoms with Crippen LogP contribution in [0.15, 0.2) is 22.7 Å². The lowest BCUT2D eigenvalue weighted by Crippen LogP contribution is -2.23. The van der Waals surface area contributed by atoms with Crippen molar-refractivity contribution in [3.8, 4) is 0 Å². The Labute approximate surface area is 128 Å². The molecule has 0 bridgehead atoms. The average molecular weight is 344 g/mol. The van der Waals surface area contributed by atoms with Gasteiger partial charge in [0, 0.05) is 10.5 Å². The molecule has 0 saturated heterocycles. The lowest BCUT2D eigenvalue weighted by molar-refractivity contribution is 0.262. The smallest absolute Gasteiger partial charge is 0.127 e. The van der Waals surface area contributed by atoms with E-state index in [0.29, 0.717) is 6.04 Å². The van der Waals surface area contributed by atoms with Crippen molar-refractivity contribution < 1.29 is 0 Å². The van der Waals surface area contributed by atoms with Crippen LogP contribution < -0.4 is 0 Å². The molecule has 2 nitrogen and oxygen atoms in total. The van der Waals surface area contributed by atoms with E-state index in [1.165, 1.54) is 0 Å². The van der Waals surface area contributed by atoms with E-state index in [0.717, 1.165) is 21.3 Å². The van der Waals surface area contributed by atoms with Gasteiger partial charge in [0.15, 0.2) is 0 Å². The van der Waals surface area contributed by atoms with Crippen molar-refractivity contribution in [1.82, 2.24) is 9.55 Å². The summed E-state index contributed by atoms with van der Waals surface area (Å²) in [5.41, 5.74) is 2.29. The molecule has 0 aliphatic rings. The van der Waals surface area contributed by atoms with Crippen LogP contribution in [0.3, 0.4) is 0 Å². The topological polar surface area (TPSA) is 17.8 Å². The molecule has 0 aliphatic carbocycles. The van der Waals surface area contributed by atoms with E-state index in [9.17, 15) is 0 Å². The van der Waals surface area contributed by atoms with Gasteiger partial charge in [0.25, 0.3) is 0 Å². The quantitative estimate of drug-likeness (QED) is 0.639. The molecule has 4 heteroatoms. The molecule has 0 aliphatic heterocycles. The number of hydrogen-bond donors (Lipinski definition) is 0. The molecule has 0 saturated carbocycles. The van der Waals surface area contributed by atoms with Crippen LogP contribution in [-0.2, 0) is 0 Å². The van der Waals surface area contributed by atoms with Gasteiger partial charge in [-0.2, -0.15) is 0 Å². The summed E-state index contributed by atoms with van der Waals surface area (Å²) in [6, 6.07) is 6.54. The van der Waals surface area contributed by atoms with Gasteiger partial charge in [-0.05, 0) is 37.5 Å². The van der Waals surface area contributed by atoms with E-state index in [1.807, 2.05) is 13.0 Å². The number of nitrogens with zero attached hydrogens (tertiary/aromatic N) is 2. The molecule has 2 atom stereocenters. The lowest BCUT2D eigenvalue weighted by Gasteiger charge is -2.30. The van der Waals surface area contributed by atoms with Crippen LogP contribution >= 0.6 is 27.5 Å². The van der Waals surface area contributed by atoms with Crippen molar-refractivity contribution in [2.24, 2.45) is 5.41 Å². The predicted molar refractivity (Wildman–Crippen MR) is 85.9 cm³/mol. The monoisotopic (exact) mass is 342 g/mol.